The molecule has 1 aromatic heterocycles. The van der Waals surface area contributed by atoms with Gasteiger partial charge in [0.15, 0.2) is 10.6 Å². The predicted octanol–water partition coefficient (Wildman–Crippen LogP) is 3.40. The Labute approximate surface area is 104 Å². The second-order valence-corrected chi connectivity index (χ2v) is 4.74. The number of benzene rings is 1. The van der Waals surface area contributed by atoms with E-state index in [0.29, 0.717) is 17.2 Å². The normalized spacial score (nSPS) is 10.5. The van der Waals surface area contributed by atoms with Crippen molar-refractivity contribution < 1.29 is 14.3 Å². The molecule has 0 aliphatic rings. The Morgan fingerprint density at radius 2 is 2.18 bits per heavy atom. The van der Waals surface area contributed by atoms with Crippen LogP contribution in [-0.2, 0) is 4.74 Å². The van der Waals surface area contributed by atoms with Crippen molar-refractivity contribution >= 4 is 27.4 Å². The highest BCUT2D eigenvalue weighted by Gasteiger charge is 2.20. The van der Waals surface area contributed by atoms with Gasteiger partial charge in [-0.1, -0.05) is 11.6 Å². The minimum Gasteiger partial charge on any atom is -0.491 e. The monoisotopic (exact) mass is 250 g/mol. The van der Waals surface area contributed by atoms with Crippen molar-refractivity contribution in [1.29, 1.82) is 0 Å². The second kappa shape index (κ2) is 4.75. The highest BCUT2D eigenvalue weighted by molar-refractivity contribution is 7.21. The fraction of sp³-hybridized carbons (Fsp3) is 0.308. The highest BCUT2D eigenvalue weighted by atomic mass is 32.1. The molecular weight excluding hydrogens is 236 g/mol. The maximum Gasteiger partial charge on any atom is 0.351 e. The van der Waals surface area contributed by atoms with Gasteiger partial charge in [-0.15, -0.1) is 11.3 Å². The van der Waals surface area contributed by atoms with E-state index in [0.717, 1.165) is 15.6 Å². The zero-order chi connectivity index (χ0) is 12.4. The smallest absolute Gasteiger partial charge is 0.351 e. The van der Waals surface area contributed by atoms with E-state index >= 15 is 0 Å². The summed E-state index contributed by atoms with van der Waals surface area (Å²) in [4.78, 5) is 12.2. The molecule has 0 bridgehead atoms. The zero-order valence-electron chi connectivity index (χ0n) is 10.1. The molecule has 0 unspecified atom stereocenters. The molecule has 3 nitrogen and oxygen atoms in total. The topological polar surface area (TPSA) is 35.5 Å². The first-order chi connectivity index (χ1) is 8.17. The van der Waals surface area contributed by atoms with Crippen LogP contribution in [0.25, 0.3) is 10.1 Å². The molecule has 0 aliphatic carbocycles. The lowest BCUT2D eigenvalue weighted by Crippen LogP contribution is -2.02. The molecule has 0 fully saturated rings. The summed E-state index contributed by atoms with van der Waals surface area (Å²) >= 11 is 1.41. The molecule has 2 aromatic rings. The summed E-state index contributed by atoms with van der Waals surface area (Å²) < 4.78 is 11.4. The van der Waals surface area contributed by atoms with E-state index in [4.69, 9.17) is 9.47 Å². The van der Waals surface area contributed by atoms with Crippen LogP contribution in [0, 0.1) is 6.92 Å². The molecule has 1 heterocycles. The van der Waals surface area contributed by atoms with Crippen molar-refractivity contribution in [2.75, 3.05) is 13.7 Å². The number of carbonyl (C=O) groups excluding carboxylic acids is 1. The minimum atomic E-state index is -0.340. The van der Waals surface area contributed by atoms with E-state index in [-0.39, 0.29) is 5.97 Å². The van der Waals surface area contributed by atoms with Crippen LogP contribution in [0.4, 0.5) is 0 Å². The van der Waals surface area contributed by atoms with E-state index in [9.17, 15) is 4.79 Å². The van der Waals surface area contributed by atoms with E-state index < -0.39 is 0 Å². The number of carbonyl (C=O) groups is 1. The maximum atomic E-state index is 11.7. The second-order valence-electron chi connectivity index (χ2n) is 3.68. The average Bonchev–Trinajstić information content (AvgIpc) is 2.67. The Morgan fingerprint density at radius 1 is 1.41 bits per heavy atom. The Morgan fingerprint density at radius 3 is 2.82 bits per heavy atom. The third kappa shape index (κ3) is 2.13. The molecule has 4 heteroatoms. The summed E-state index contributed by atoms with van der Waals surface area (Å²) in [6.45, 7) is 4.45. The molecule has 90 valence electrons. The van der Waals surface area contributed by atoms with Gasteiger partial charge in [0.2, 0.25) is 0 Å². The van der Waals surface area contributed by atoms with Crippen LogP contribution in [0.2, 0.25) is 0 Å². The number of ether oxygens (including phenoxy) is 2. The molecule has 0 saturated heterocycles. The summed E-state index contributed by atoms with van der Waals surface area (Å²) in [5.74, 6) is 0.301. The third-order valence-corrected chi connectivity index (χ3v) is 3.59. The van der Waals surface area contributed by atoms with Gasteiger partial charge in [-0.25, -0.2) is 4.79 Å². The maximum absolute atomic E-state index is 11.7. The van der Waals surface area contributed by atoms with Gasteiger partial charge in [-0.05, 0) is 26.0 Å². The highest BCUT2D eigenvalue weighted by Crippen LogP contribution is 2.38. The molecule has 1 aromatic carbocycles. The molecule has 0 N–H and O–H groups in total. The van der Waals surface area contributed by atoms with Gasteiger partial charge in [-0.3, -0.25) is 0 Å². The molecule has 0 amide bonds. The largest absolute Gasteiger partial charge is 0.491 e. The van der Waals surface area contributed by atoms with Crippen molar-refractivity contribution in [3.05, 3.63) is 28.6 Å². The van der Waals surface area contributed by atoms with Crippen molar-refractivity contribution in [2.45, 2.75) is 13.8 Å². The number of esters is 1. The number of hydrogen-bond donors (Lipinski definition) is 0. The first-order valence-electron chi connectivity index (χ1n) is 5.41. The van der Waals surface area contributed by atoms with Crippen LogP contribution in [0.5, 0.6) is 5.75 Å². The zero-order valence-corrected chi connectivity index (χ0v) is 10.9. The first-order valence-corrected chi connectivity index (χ1v) is 6.23. The number of hydrogen-bond acceptors (Lipinski definition) is 4. The number of aryl methyl sites for hydroxylation is 1. The third-order valence-electron chi connectivity index (χ3n) is 2.46. The van der Waals surface area contributed by atoms with Crippen LogP contribution < -0.4 is 4.74 Å². The number of rotatable bonds is 3. The van der Waals surface area contributed by atoms with Gasteiger partial charge in [0.25, 0.3) is 0 Å². The summed E-state index contributed by atoms with van der Waals surface area (Å²) in [6.07, 6.45) is 0. The van der Waals surface area contributed by atoms with Crippen LogP contribution in [0.1, 0.15) is 22.2 Å². The molecule has 0 atom stereocenters. The molecule has 0 radical (unpaired) electrons. The van der Waals surface area contributed by atoms with E-state index in [1.54, 1.807) is 0 Å². The fourth-order valence-corrected chi connectivity index (χ4v) is 2.75. The number of thiophene rings is 1. The SMILES string of the molecule is CCOc1c(C(=O)OC)sc2ccc(C)cc12. The van der Waals surface area contributed by atoms with Gasteiger partial charge in [0.05, 0.1) is 13.7 Å². The molecular formula is C13H14O3S. The molecule has 0 saturated carbocycles. The van der Waals surface area contributed by atoms with Crippen LogP contribution >= 0.6 is 11.3 Å². The summed E-state index contributed by atoms with van der Waals surface area (Å²) in [6, 6.07) is 6.06. The molecule has 0 aliphatic heterocycles. The first kappa shape index (κ1) is 11.9. The van der Waals surface area contributed by atoms with Gasteiger partial charge < -0.3 is 9.47 Å². The minimum absolute atomic E-state index is 0.340. The standard InChI is InChI=1S/C13H14O3S/c1-4-16-11-9-7-8(2)5-6-10(9)17-12(11)13(14)15-3/h5-7H,4H2,1-3H3. The van der Waals surface area contributed by atoms with Crippen LogP contribution in [-0.4, -0.2) is 19.7 Å². The van der Waals surface area contributed by atoms with Crippen LogP contribution in [0.3, 0.4) is 0 Å². The fourth-order valence-electron chi connectivity index (χ4n) is 1.70. The van der Waals surface area contributed by atoms with E-state index in [1.807, 2.05) is 32.0 Å². The van der Waals surface area contributed by atoms with Crippen molar-refractivity contribution in [1.82, 2.24) is 0 Å². The number of methoxy groups -OCH3 is 1. The molecule has 2 rings (SSSR count). The lowest BCUT2D eigenvalue weighted by molar-refractivity contribution is 0.0602. The molecule has 0 spiro atoms. The van der Waals surface area contributed by atoms with Crippen molar-refractivity contribution in [3.63, 3.8) is 0 Å². The van der Waals surface area contributed by atoms with Gasteiger partial charge >= 0.3 is 5.97 Å². The number of fused-ring (bicyclic) bond motifs is 1. The lowest BCUT2D eigenvalue weighted by Gasteiger charge is -2.04. The van der Waals surface area contributed by atoms with E-state index in [1.165, 1.54) is 18.4 Å². The Kier molecular flexibility index (Phi) is 3.33. The quantitative estimate of drug-likeness (QED) is 0.783. The van der Waals surface area contributed by atoms with Crippen LogP contribution in [0.15, 0.2) is 18.2 Å². The van der Waals surface area contributed by atoms with Crippen molar-refractivity contribution in [2.24, 2.45) is 0 Å². The van der Waals surface area contributed by atoms with Gasteiger partial charge in [0.1, 0.15) is 0 Å². The molecule has 17 heavy (non-hydrogen) atoms. The summed E-state index contributed by atoms with van der Waals surface area (Å²) in [5, 5.41) is 0.984. The van der Waals surface area contributed by atoms with Gasteiger partial charge in [-0.2, -0.15) is 0 Å². The lowest BCUT2D eigenvalue weighted by atomic mass is 10.1. The predicted molar refractivity (Wildman–Crippen MR) is 69.1 cm³/mol. The van der Waals surface area contributed by atoms with E-state index in [2.05, 4.69) is 0 Å². The Bertz CT molecular complexity index is 557. The summed E-state index contributed by atoms with van der Waals surface area (Å²) in [7, 11) is 1.38. The van der Waals surface area contributed by atoms with Gasteiger partial charge in [0, 0.05) is 10.1 Å². The Balaban J connectivity index is 2.66. The Hall–Kier alpha value is -1.55. The average molecular weight is 250 g/mol. The summed E-state index contributed by atoms with van der Waals surface area (Å²) in [5.41, 5.74) is 1.15. The van der Waals surface area contributed by atoms with Crippen molar-refractivity contribution in [3.8, 4) is 5.75 Å².